The van der Waals surface area contributed by atoms with Crippen molar-refractivity contribution in [2.45, 2.75) is 44.0 Å². The molecule has 1 amide bonds. The minimum Gasteiger partial charge on any atom is -0.322 e. The summed E-state index contributed by atoms with van der Waals surface area (Å²) in [5.41, 5.74) is 2.17. The van der Waals surface area contributed by atoms with E-state index in [4.69, 9.17) is 0 Å². The van der Waals surface area contributed by atoms with Gasteiger partial charge in [-0.25, -0.2) is 12.8 Å². The molecule has 2 aromatic rings. The van der Waals surface area contributed by atoms with Crippen LogP contribution in [0.1, 0.15) is 44.9 Å². The molecule has 1 atom stereocenters. The molecule has 0 heterocycles. The van der Waals surface area contributed by atoms with Crippen LogP contribution in [0.3, 0.4) is 0 Å². The van der Waals surface area contributed by atoms with Crippen molar-refractivity contribution in [2.24, 2.45) is 0 Å². The molecule has 0 aromatic heterocycles. The molecular formula is C21H27FN2O3S. The minimum absolute atomic E-state index is 0.0370. The van der Waals surface area contributed by atoms with E-state index in [1.165, 1.54) is 11.6 Å². The van der Waals surface area contributed by atoms with E-state index in [1.54, 1.807) is 0 Å². The molecule has 7 heteroatoms. The Morgan fingerprint density at radius 2 is 1.71 bits per heavy atom. The standard InChI is InChI=1S/C21H27FN2O3S/c1-14(15-6-8-16(9-7-15)21(2,3)4)23-13-20(25)24-19-12-17(28(5,26)27)10-11-18(19)22/h6-12,14,23H,13H2,1-5H3,(H,24,25)/t14-/m1/s1. The van der Waals surface area contributed by atoms with Crippen LogP contribution in [-0.4, -0.2) is 27.1 Å². The molecule has 0 spiro atoms. The van der Waals surface area contributed by atoms with Crippen molar-refractivity contribution >= 4 is 21.4 Å². The maximum absolute atomic E-state index is 13.9. The molecule has 28 heavy (non-hydrogen) atoms. The predicted molar refractivity (Wildman–Crippen MR) is 110 cm³/mol. The van der Waals surface area contributed by atoms with Crippen LogP contribution in [0.2, 0.25) is 0 Å². The van der Waals surface area contributed by atoms with E-state index in [2.05, 4.69) is 43.5 Å². The number of carbonyl (C=O) groups excluding carboxylic acids is 1. The molecule has 2 rings (SSSR count). The first-order chi connectivity index (χ1) is 12.9. The second-order valence-corrected chi connectivity index (χ2v) is 9.95. The first-order valence-electron chi connectivity index (χ1n) is 9.01. The second kappa shape index (κ2) is 8.41. The summed E-state index contributed by atoms with van der Waals surface area (Å²) >= 11 is 0. The summed E-state index contributed by atoms with van der Waals surface area (Å²) in [5, 5.41) is 5.51. The average molecular weight is 407 g/mol. The highest BCUT2D eigenvalue weighted by molar-refractivity contribution is 7.90. The van der Waals surface area contributed by atoms with Gasteiger partial charge in [-0.3, -0.25) is 4.79 Å². The Balaban J connectivity index is 1.99. The zero-order valence-corrected chi connectivity index (χ0v) is 17.7. The molecule has 0 bridgehead atoms. The first kappa shape index (κ1) is 22.0. The Hall–Kier alpha value is -2.25. The summed E-state index contributed by atoms with van der Waals surface area (Å²) in [6.07, 6.45) is 1.03. The zero-order valence-electron chi connectivity index (χ0n) is 16.8. The van der Waals surface area contributed by atoms with Crippen molar-refractivity contribution in [1.82, 2.24) is 5.32 Å². The molecule has 2 aromatic carbocycles. The van der Waals surface area contributed by atoms with Crippen LogP contribution in [0.5, 0.6) is 0 Å². The summed E-state index contributed by atoms with van der Waals surface area (Å²) in [6, 6.07) is 11.4. The van der Waals surface area contributed by atoms with Crippen LogP contribution in [-0.2, 0) is 20.0 Å². The SMILES string of the molecule is C[C@@H](NCC(=O)Nc1cc(S(C)(=O)=O)ccc1F)c1ccc(C(C)(C)C)cc1. The van der Waals surface area contributed by atoms with E-state index >= 15 is 0 Å². The fourth-order valence-corrected chi connectivity index (χ4v) is 3.31. The van der Waals surface area contributed by atoms with Gasteiger partial charge in [-0.2, -0.15) is 0 Å². The van der Waals surface area contributed by atoms with Gasteiger partial charge < -0.3 is 10.6 Å². The van der Waals surface area contributed by atoms with Gasteiger partial charge in [-0.1, -0.05) is 45.0 Å². The third kappa shape index (κ3) is 5.87. The summed E-state index contributed by atoms with van der Waals surface area (Å²) in [5.74, 6) is -1.14. The highest BCUT2D eigenvalue weighted by Crippen LogP contribution is 2.24. The van der Waals surface area contributed by atoms with Crippen LogP contribution in [0.4, 0.5) is 10.1 Å². The molecule has 0 saturated carbocycles. The summed E-state index contributed by atoms with van der Waals surface area (Å²) in [7, 11) is -3.49. The predicted octanol–water partition coefficient (Wildman–Crippen LogP) is 3.82. The largest absolute Gasteiger partial charge is 0.322 e. The molecule has 152 valence electrons. The number of anilines is 1. The molecule has 5 nitrogen and oxygen atoms in total. The van der Waals surface area contributed by atoms with E-state index in [-0.39, 0.29) is 28.6 Å². The number of sulfone groups is 1. The third-order valence-corrected chi connectivity index (χ3v) is 5.60. The van der Waals surface area contributed by atoms with Crippen LogP contribution in [0.25, 0.3) is 0 Å². The molecule has 0 aliphatic heterocycles. The molecule has 0 aliphatic carbocycles. The molecular weight excluding hydrogens is 379 g/mol. The number of carbonyl (C=O) groups is 1. The average Bonchev–Trinajstić information content (AvgIpc) is 2.60. The van der Waals surface area contributed by atoms with Crippen LogP contribution >= 0.6 is 0 Å². The minimum atomic E-state index is -3.49. The molecule has 0 saturated heterocycles. The van der Waals surface area contributed by atoms with Crippen LogP contribution < -0.4 is 10.6 Å². The Labute approximate surface area is 166 Å². The quantitative estimate of drug-likeness (QED) is 0.715. The van der Waals surface area contributed by atoms with Crippen molar-refractivity contribution in [1.29, 1.82) is 0 Å². The van der Waals surface area contributed by atoms with Crippen molar-refractivity contribution in [3.63, 3.8) is 0 Å². The van der Waals surface area contributed by atoms with Gasteiger partial charge in [0.05, 0.1) is 17.1 Å². The van der Waals surface area contributed by atoms with E-state index in [9.17, 15) is 17.6 Å². The van der Waals surface area contributed by atoms with Gasteiger partial charge in [0.2, 0.25) is 5.91 Å². The number of rotatable bonds is 6. The first-order valence-corrected chi connectivity index (χ1v) is 10.9. The number of hydrogen-bond acceptors (Lipinski definition) is 4. The monoisotopic (exact) mass is 406 g/mol. The van der Waals surface area contributed by atoms with E-state index < -0.39 is 21.6 Å². The Morgan fingerprint density at radius 3 is 2.25 bits per heavy atom. The summed E-state index contributed by atoms with van der Waals surface area (Å²) in [4.78, 5) is 12.1. The highest BCUT2D eigenvalue weighted by Gasteiger charge is 2.16. The zero-order chi connectivity index (χ0) is 21.1. The van der Waals surface area contributed by atoms with Crippen LogP contribution in [0.15, 0.2) is 47.4 Å². The summed E-state index contributed by atoms with van der Waals surface area (Å²) < 4.78 is 37.1. The van der Waals surface area contributed by atoms with Gasteiger partial charge in [0.1, 0.15) is 5.82 Å². The Morgan fingerprint density at radius 1 is 1.11 bits per heavy atom. The van der Waals surface area contributed by atoms with Crippen LogP contribution in [0, 0.1) is 5.82 Å². The Kier molecular flexibility index (Phi) is 6.62. The van der Waals surface area contributed by atoms with Gasteiger partial charge >= 0.3 is 0 Å². The van der Waals surface area contributed by atoms with Crippen molar-refractivity contribution in [3.8, 4) is 0 Å². The van der Waals surface area contributed by atoms with Gasteiger partial charge in [-0.15, -0.1) is 0 Å². The lowest BCUT2D eigenvalue weighted by atomic mass is 9.86. The molecule has 0 fully saturated rings. The fourth-order valence-electron chi connectivity index (χ4n) is 2.66. The van der Waals surface area contributed by atoms with Crippen molar-refractivity contribution in [3.05, 3.63) is 59.4 Å². The second-order valence-electron chi connectivity index (χ2n) is 7.94. The van der Waals surface area contributed by atoms with E-state index in [1.807, 2.05) is 19.1 Å². The lowest BCUT2D eigenvalue weighted by Crippen LogP contribution is -2.30. The van der Waals surface area contributed by atoms with Gasteiger partial charge in [0.25, 0.3) is 0 Å². The van der Waals surface area contributed by atoms with Crippen molar-refractivity contribution < 1.29 is 17.6 Å². The Bertz CT molecular complexity index is 949. The molecule has 2 N–H and O–H groups in total. The summed E-state index contributed by atoms with van der Waals surface area (Å²) in [6.45, 7) is 8.33. The lowest BCUT2D eigenvalue weighted by molar-refractivity contribution is -0.115. The third-order valence-electron chi connectivity index (χ3n) is 4.49. The van der Waals surface area contributed by atoms with E-state index in [0.717, 1.165) is 24.0 Å². The van der Waals surface area contributed by atoms with Gasteiger partial charge in [0.15, 0.2) is 9.84 Å². The highest BCUT2D eigenvalue weighted by atomic mass is 32.2. The smallest absolute Gasteiger partial charge is 0.238 e. The fraction of sp³-hybridized carbons (Fsp3) is 0.381. The number of halogens is 1. The van der Waals surface area contributed by atoms with Crippen molar-refractivity contribution in [2.75, 3.05) is 18.1 Å². The topological polar surface area (TPSA) is 75.3 Å². The number of nitrogens with one attached hydrogen (secondary N) is 2. The number of hydrogen-bond donors (Lipinski definition) is 2. The maximum Gasteiger partial charge on any atom is 0.238 e. The lowest BCUT2D eigenvalue weighted by Gasteiger charge is -2.20. The van der Waals surface area contributed by atoms with Gasteiger partial charge in [-0.05, 0) is 41.7 Å². The normalized spacial score (nSPS) is 13.2. The van der Waals surface area contributed by atoms with E-state index in [0.29, 0.717) is 0 Å². The molecule has 0 unspecified atom stereocenters. The number of benzene rings is 2. The molecule has 0 radical (unpaired) electrons. The maximum atomic E-state index is 13.9. The number of amides is 1. The van der Waals surface area contributed by atoms with Gasteiger partial charge in [0, 0.05) is 12.3 Å². The molecule has 0 aliphatic rings.